The fourth-order valence-electron chi connectivity index (χ4n) is 7.38. The lowest BCUT2D eigenvalue weighted by molar-refractivity contribution is 0.989. The van der Waals surface area contributed by atoms with Gasteiger partial charge in [0.05, 0.1) is 22.4 Å². The third kappa shape index (κ3) is 4.61. The molecule has 0 aliphatic carbocycles. The molecule has 3 nitrogen and oxygen atoms in total. The first-order valence-corrected chi connectivity index (χ1v) is 17.7. The van der Waals surface area contributed by atoms with Crippen molar-refractivity contribution in [3.63, 3.8) is 0 Å². The summed E-state index contributed by atoms with van der Waals surface area (Å²) in [5.41, 5.74) is 13.3. The van der Waals surface area contributed by atoms with Gasteiger partial charge in [0.15, 0.2) is 0 Å². The average Bonchev–Trinajstić information content (AvgIpc) is 3.46. The first-order chi connectivity index (χ1) is 24.8. The Hall–Kier alpha value is -6.23. The number of hydrogen-bond acceptors (Lipinski definition) is 3. The summed E-state index contributed by atoms with van der Waals surface area (Å²) in [5, 5.41) is 2.20. The normalized spacial score (nSPS) is 11.9. The van der Waals surface area contributed by atoms with Crippen molar-refractivity contribution in [2.45, 2.75) is 9.79 Å². The third-order valence-electron chi connectivity index (χ3n) is 9.65. The minimum absolute atomic E-state index is 0.652. The summed E-state index contributed by atoms with van der Waals surface area (Å²) in [6.07, 6.45) is 0. The molecule has 0 saturated heterocycles. The van der Waals surface area contributed by atoms with Crippen LogP contribution in [0.2, 0.25) is 0 Å². The van der Waals surface area contributed by atoms with Crippen LogP contribution in [0.25, 0.3) is 83.6 Å². The molecule has 1 aliphatic heterocycles. The molecule has 0 atom stereocenters. The molecule has 0 spiro atoms. The number of rotatable bonds is 4. The molecule has 7 aromatic carbocycles. The fraction of sp³-hybridized carbons (Fsp3) is 0. The summed E-state index contributed by atoms with van der Waals surface area (Å²) in [4.78, 5) is 13.3. The quantitative estimate of drug-likeness (QED) is 0.189. The van der Waals surface area contributed by atoms with Crippen LogP contribution in [-0.4, -0.2) is 14.5 Å². The molecule has 0 fully saturated rings. The van der Waals surface area contributed by atoms with Crippen molar-refractivity contribution in [2.24, 2.45) is 0 Å². The van der Waals surface area contributed by atoms with E-state index >= 15 is 0 Å². The van der Waals surface area contributed by atoms with E-state index in [9.17, 15) is 0 Å². The predicted molar refractivity (Wildman–Crippen MR) is 208 cm³/mol. The van der Waals surface area contributed by atoms with Gasteiger partial charge in [0, 0.05) is 42.8 Å². The second-order valence-corrected chi connectivity index (χ2v) is 13.6. The molecule has 9 aromatic rings. The molecular formula is C46H29N3S. The van der Waals surface area contributed by atoms with Crippen molar-refractivity contribution in [3.05, 3.63) is 176 Å². The van der Waals surface area contributed by atoms with Gasteiger partial charge in [0.1, 0.15) is 0 Å². The Morgan fingerprint density at radius 1 is 0.400 bits per heavy atom. The van der Waals surface area contributed by atoms with Gasteiger partial charge in [-0.05, 0) is 40.5 Å². The van der Waals surface area contributed by atoms with E-state index in [1.54, 1.807) is 0 Å². The molecule has 10 rings (SSSR count). The van der Waals surface area contributed by atoms with E-state index < -0.39 is 0 Å². The standard InChI is InChI=1S/C46H29N3S/c1-3-14-30(15-4-1)31-26-28-33(29-27-31)43-35-18-7-10-23-39(35)47-46(48-43)49-44-34(32-16-5-2-6-17-32)21-13-22-38(44)42-36-19-8-11-24-40(36)50-41-25-12-9-20-37(41)45(42)49/h1-29H. The maximum Gasteiger partial charge on any atom is 0.235 e. The second kappa shape index (κ2) is 11.7. The summed E-state index contributed by atoms with van der Waals surface area (Å²) in [5.74, 6) is 0.652. The lowest BCUT2D eigenvalue weighted by Gasteiger charge is -2.16. The van der Waals surface area contributed by atoms with Crippen LogP contribution in [0.3, 0.4) is 0 Å². The van der Waals surface area contributed by atoms with E-state index in [1.165, 1.54) is 43.0 Å². The summed E-state index contributed by atoms with van der Waals surface area (Å²) in [6.45, 7) is 0. The fourth-order valence-corrected chi connectivity index (χ4v) is 8.47. The van der Waals surface area contributed by atoms with Crippen LogP contribution in [-0.2, 0) is 0 Å². The Bertz CT molecular complexity index is 2710. The van der Waals surface area contributed by atoms with Gasteiger partial charge in [-0.25, -0.2) is 9.97 Å². The van der Waals surface area contributed by atoms with Crippen molar-refractivity contribution in [2.75, 3.05) is 0 Å². The van der Waals surface area contributed by atoms with Gasteiger partial charge < -0.3 is 0 Å². The van der Waals surface area contributed by atoms with Crippen LogP contribution >= 0.6 is 11.8 Å². The Labute approximate surface area is 294 Å². The van der Waals surface area contributed by atoms with Crippen LogP contribution in [0, 0.1) is 0 Å². The Balaban J connectivity index is 1.32. The van der Waals surface area contributed by atoms with Crippen molar-refractivity contribution in [1.29, 1.82) is 0 Å². The van der Waals surface area contributed by atoms with E-state index in [1.807, 2.05) is 11.8 Å². The third-order valence-corrected chi connectivity index (χ3v) is 10.8. The predicted octanol–water partition coefficient (Wildman–Crippen LogP) is 12.4. The average molecular weight is 656 g/mol. The number of fused-ring (bicyclic) bond motifs is 8. The number of benzene rings is 7. The molecule has 4 heteroatoms. The molecule has 0 saturated carbocycles. The second-order valence-electron chi connectivity index (χ2n) is 12.6. The molecule has 234 valence electrons. The highest BCUT2D eigenvalue weighted by Gasteiger charge is 2.30. The monoisotopic (exact) mass is 655 g/mol. The zero-order valence-electron chi connectivity index (χ0n) is 27.0. The molecule has 1 aliphatic rings. The zero-order chi connectivity index (χ0) is 33.0. The lowest BCUT2D eigenvalue weighted by atomic mass is 9.96. The van der Waals surface area contributed by atoms with Crippen molar-refractivity contribution < 1.29 is 0 Å². The van der Waals surface area contributed by atoms with Gasteiger partial charge in [0.25, 0.3) is 0 Å². The van der Waals surface area contributed by atoms with Gasteiger partial charge in [-0.1, -0.05) is 169 Å². The molecule has 0 amide bonds. The highest BCUT2D eigenvalue weighted by atomic mass is 32.2. The molecule has 2 aromatic heterocycles. The van der Waals surface area contributed by atoms with Gasteiger partial charge in [-0.2, -0.15) is 0 Å². The molecule has 50 heavy (non-hydrogen) atoms. The van der Waals surface area contributed by atoms with Crippen molar-refractivity contribution >= 4 is 33.6 Å². The molecule has 0 N–H and O–H groups in total. The topological polar surface area (TPSA) is 30.7 Å². The SMILES string of the molecule is c1ccc(-c2ccc(-c3nc(-n4c5c(c6cccc(-c7ccccc7)c64)-c4ccccc4Sc4ccccc4-5)nc4ccccc34)cc2)cc1. The maximum atomic E-state index is 5.51. The molecule has 0 radical (unpaired) electrons. The minimum atomic E-state index is 0.652. The summed E-state index contributed by atoms with van der Waals surface area (Å²) in [6, 6.07) is 62.5. The number of hydrogen-bond donors (Lipinski definition) is 0. The van der Waals surface area contributed by atoms with Crippen molar-refractivity contribution in [1.82, 2.24) is 14.5 Å². The Morgan fingerprint density at radius 2 is 0.960 bits per heavy atom. The summed E-state index contributed by atoms with van der Waals surface area (Å²) in [7, 11) is 0. The highest BCUT2D eigenvalue weighted by molar-refractivity contribution is 7.99. The van der Waals surface area contributed by atoms with Gasteiger partial charge in [-0.3, -0.25) is 4.57 Å². The molecule has 3 heterocycles. The van der Waals surface area contributed by atoms with Crippen LogP contribution in [0.15, 0.2) is 186 Å². The van der Waals surface area contributed by atoms with E-state index in [0.29, 0.717) is 5.95 Å². The van der Waals surface area contributed by atoms with Crippen LogP contribution in [0.5, 0.6) is 0 Å². The lowest BCUT2D eigenvalue weighted by Crippen LogP contribution is -2.06. The first kappa shape index (κ1) is 28.8. The Morgan fingerprint density at radius 3 is 1.74 bits per heavy atom. The number of para-hydroxylation sites is 2. The van der Waals surface area contributed by atoms with Crippen LogP contribution in [0.4, 0.5) is 0 Å². The van der Waals surface area contributed by atoms with Crippen LogP contribution < -0.4 is 0 Å². The van der Waals surface area contributed by atoms with Crippen molar-refractivity contribution in [3.8, 4) is 61.8 Å². The molecule has 0 unspecified atom stereocenters. The highest BCUT2D eigenvalue weighted by Crippen LogP contribution is 2.53. The zero-order valence-corrected chi connectivity index (χ0v) is 27.8. The van der Waals surface area contributed by atoms with Gasteiger partial charge in [0.2, 0.25) is 5.95 Å². The number of aromatic nitrogens is 3. The van der Waals surface area contributed by atoms with E-state index in [0.717, 1.165) is 44.5 Å². The van der Waals surface area contributed by atoms with E-state index in [4.69, 9.17) is 9.97 Å². The largest absolute Gasteiger partial charge is 0.277 e. The smallest absolute Gasteiger partial charge is 0.235 e. The molecule has 0 bridgehead atoms. The number of nitrogens with zero attached hydrogens (tertiary/aromatic N) is 3. The van der Waals surface area contributed by atoms with E-state index in [-0.39, 0.29) is 0 Å². The maximum absolute atomic E-state index is 5.51. The van der Waals surface area contributed by atoms with Gasteiger partial charge in [-0.15, -0.1) is 0 Å². The molecular weight excluding hydrogens is 627 g/mol. The first-order valence-electron chi connectivity index (χ1n) is 16.8. The minimum Gasteiger partial charge on any atom is -0.277 e. The van der Waals surface area contributed by atoms with E-state index in [2.05, 4.69) is 180 Å². The van der Waals surface area contributed by atoms with Crippen LogP contribution in [0.1, 0.15) is 0 Å². The van der Waals surface area contributed by atoms with Gasteiger partial charge >= 0.3 is 0 Å². The Kier molecular flexibility index (Phi) is 6.74. The summed E-state index contributed by atoms with van der Waals surface area (Å²) < 4.78 is 2.34. The summed E-state index contributed by atoms with van der Waals surface area (Å²) >= 11 is 1.83.